The molecule has 74 valence electrons. The quantitative estimate of drug-likeness (QED) is 0.731. The molecule has 2 aromatic rings. The van der Waals surface area contributed by atoms with Gasteiger partial charge in [-0.05, 0) is 31.0 Å². The van der Waals surface area contributed by atoms with Crippen molar-refractivity contribution in [3.63, 3.8) is 0 Å². The van der Waals surface area contributed by atoms with Crippen LogP contribution >= 0.6 is 0 Å². The van der Waals surface area contributed by atoms with Gasteiger partial charge in [-0.25, -0.2) is 0 Å². The molecular weight excluding hydrogens is 172 g/mol. The minimum atomic E-state index is 0.619. The molecule has 14 heavy (non-hydrogen) atoms. The molecule has 0 amide bonds. The molecule has 2 nitrogen and oxygen atoms in total. The Labute approximate surface area is 84.3 Å². The molecule has 0 unspecified atom stereocenters. The van der Waals surface area contributed by atoms with Gasteiger partial charge in [0.05, 0.1) is 0 Å². The number of hydrogen-bond donors (Lipinski definition) is 1. The second-order valence-corrected chi connectivity index (χ2v) is 3.80. The molecule has 1 aromatic heterocycles. The number of hydrogen-bond acceptors (Lipinski definition) is 1. The van der Waals surface area contributed by atoms with Gasteiger partial charge in [0.25, 0.3) is 0 Å². The van der Waals surface area contributed by atoms with Gasteiger partial charge in [0.1, 0.15) is 0 Å². The van der Waals surface area contributed by atoms with Crippen LogP contribution in [0.25, 0.3) is 10.9 Å². The summed E-state index contributed by atoms with van der Waals surface area (Å²) in [5.41, 5.74) is 10.9. The third-order valence-electron chi connectivity index (χ3n) is 3.06. The number of aromatic nitrogens is 1. The smallest absolute Gasteiger partial charge is 0.0485 e. The predicted molar refractivity (Wildman–Crippen MR) is 60.3 cm³/mol. The van der Waals surface area contributed by atoms with Crippen molar-refractivity contribution in [2.75, 3.05) is 0 Å². The second-order valence-electron chi connectivity index (χ2n) is 3.80. The monoisotopic (exact) mass is 188 g/mol. The van der Waals surface area contributed by atoms with Gasteiger partial charge in [-0.15, -0.1) is 0 Å². The van der Waals surface area contributed by atoms with E-state index in [4.69, 9.17) is 5.73 Å². The minimum absolute atomic E-state index is 0.619. The number of rotatable bonds is 1. The van der Waals surface area contributed by atoms with Crippen molar-refractivity contribution in [2.45, 2.75) is 20.4 Å². The molecule has 0 radical (unpaired) electrons. The molecule has 1 aromatic carbocycles. The Morgan fingerprint density at radius 3 is 2.64 bits per heavy atom. The third-order valence-corrected chi connectivity index (χ3v) is 3.06. The average Bonchev–Trinajstić information content (AvgIpc) is 2.43. The molecule has 0 aliphatic rings. The first-order valence-corrected chi connectivity index (χ1v) is 4.90. The zero-order valence-corrected chi connectivity index (χ0v) is 8.96. The van der Waals surface area contributed by atoms with Crippen LogP contribution in [0.2, 0.25) is 0 Å². The summed E-state index contributed by atoms with van der Waals surface area (Å²) < 4.78 is 2.21. The van der Waals surface area contributed by atoms with Crippen LogP contribution in [0.1, 0.15) is 16.8 Å². The summed E-state index contributed by atoms with van der Waals surface area (Å²) in [5, 5.41) is 1.33. The van der Waals surface area contributed by atoms with Crippen LogP contribution in [0.15, 0.2) is 18.2 Å². The largest absolute Gasteiger partial charge is 0.348 e. The van der Waals surface area contributed by atoms with E-state index in [1.807, 2.05) is 0 Å². The van der Waals surface area contributed by atoms with Gasteiger partial charge in [-0.1, -0.05) is 12.1 Å². The molecular formula is C12H16N2. The summed E-state index contributed by atoms with van der Waals surface area (Å²) in [7, 11) is 2.09. The van der Waals surface area contributed by atoms with E-state index in [2.05, 4.69) is 43.7 Å². The lowest BCUT2D eigenvalue weighted by Gasteiger charge is -1.99. The molecule has 0 spiro atoms. The maximum atomic E-state index is 5.79. The highest BCUT2D eigenvalue weighted by molar-refractivity contribution is 5.88. The van der Waals surface area contributed by atoms with E-state index in [0.717, 1.165) is 0 Å². The lowest BCUT2D eigenvalue weighted by Crippen LogP contribution is -1.99. The van der Waals surface area contributed by atoms with Gasteiger partial charge < -0.3 is 10.3 Å². The van der Waals surface area contributed by atoms with E-state index in [1.54, 1.807) is 0 Å². The molecule has 2 N–H and O–H groups in total. The Bertz CT molecular complexity index is 481. The Kier molecular flexibility index (Phi) is 2.08. The van der Waals surface area contributed by atoms with Crippen molar-refractivity contribution in [3.05, 3.63) is 35.0 Å². The van der Waals surface area contributed by atoms with Gasteiger partial charge >= 0.3 is 0 Å². The van der Waals surface area contributed by atoms with Crippen molar-refractivity contribution >= 4 is 10.9 Å². The Morgan fingerprint density at radius 1 is 1.29 bits per heavy atom. The van der Waals surface area contributed by atoms with Crippen LogP contribution < -0.4 is 5.73 Å². The third kappa shape index (κ3) is 1.07. The predicted octanol–water partition coefficient (Wildman–Crippen LogP) is 2.25. The summed E-state index contributed by atoms with van der Waals surface area (Å²) in [5.74, 6) is 0. The Morgan fingerprint density at radius 2 is 2.00 bits per heavy atom. The van der Waals surface area contributed by atoms with E-state index in [0.29, 0.717) is 6.54 Å². The molecule has 0 saturated carbocycles. The van der Waals surface area contributed by atoms with Gasteiger partial charge in [0, 0.05) is 30.2 Å². The fourth-order valence-corrected chi connectivity index (χ4v) is 2.14. The molecule has 0 fully saturated rings. The lowest BCUT2D eigenvalue weighted by atomic mass is 10.1. The molecule has 0 aliphatic heterocycles. The first kappa shape index (κ1) is 9.28. The van der Waals surface area contributed by atoms with Crippen LogP contribution in [0, 0.1) is 13.8 Å². The van der Waals surface area contributed by atoms with Gasteiger partial charge in [-0.2, -0.15) is 0 Å². The summed E-state index contributed by atoms with van der Waals surface area (Å²) in [4.78, 5) is 0. The van der Waals surface area contributed by atoms with Gasteiger partial charge in [0.2, 0.25) is 0 Å². The van der Waals surface area contributed by atoms with Crippen molar-refractivity contribution in [1.82, 2.24) is 4.57 Å². The number of aryl methyl sites for hydroxylation is 2. The SMILES string of the molecule is Cc1cccc2c1c(CN)c(C)n2C. The number of fused-ring (bicyclic) bond motifs is 1. The van der Waals surface area contributed by atoms with E-state index in [9.17, 15) is 0 Å². The van der Waals surface area contributed by atoms with Crippen molar-refractivity contribution < 1.29 is 0 Å². The maximum absolute atomic E-state index is 5.79. The Balaban J connectivity index is 2.96. The normalized spacial score (nSPS) is 11.1. The number of nitrogens with two attached hydrogens (primary N) is 1. The highest BCUT2D eigenvalue weighted by Crippen LogP contribution is 2.27. The van der Waals surface area contributed by atoms with E-state index >= 15 is 0 Å². The summed E-state index contributed by atoms with van der Waals surface area (Å²) >= 11 is 0. The van der Waals surface area contributed by atoms with Crippen LogP contribution in [-0.2, 0) is 13.6 Å². The molecule has 2 rings (SSSR count). The fraction of sp³-hybridized carbons (Fsp3) is 0.333. The van der Waals surface area contributed by atoms with Gasteiger partial charge in [0.15, 0.2) is 0 Å². The van der Waals surface area contributed by atoms with Crippen molar-refractivity contribution in [3.8, 4) is 0 Å². The van der Waals surface area contributed by atoms with Crippen molar-refractivity contribution in [2.24, 2.45) is 12.8 Å². The standard InChI is InChI=1S/C12H16N2/c1-8-5-4-6-11-12(8)10(7-13)9(2)14(11)3/h4-6H,7,13H2,1-3H3. The van der Waals surface area contributed by atoms with Crippen LogP contribution in [-0.4, -0.2) is 4.57 Å². The summed E-state index contributed by atoms with van der Waals surface area (Å²) in [6.45, 7) is 4.89. The number of benzene rings is 1. The second kappa shape index (κ2) is 3.14. The highest BCUT2D eigenvalue weighted by atomic mass is 14.9. The topological polar surface area (TPSA) is 30.9 Å². The molecule has 1 heterocycles. The van der Waals surface area contributed by atoms with E-state index in [-0.39, 0.29) is 0 Å². The lowest BCUT2D eigenvalue weighted by molar-refractivity contribution is 0.894. The Hall–Kier alpha value is -1.28. The van der Waals surface area contributed by atoms with Crippen LogP contribution in [0.4, 0.5) is 0 Å². The minimum Gasteiger partial charge on any atom is -0.348 e. The molecule has 2 heteroatoms. The maximum Gasteiger partial charge on any atom is 0.0485 e. The highest BCUT2D eigenvalue weighted by Gasteiger charge is 2.11. The molecule has 0 bridgehead atoms. The zero-order chi connectivity index (χ0) is 10.3. The molecule has 0 saturated heterocycles. The molecule has 0 atom stereocenters. The fourth-order valence-electron chi connectivity index (χ4n) is 2.14. The van der Waals surface area contributed by atoms with Crippen LogP contribution in [0.5, 0.6) is 0 Å². The molecule has 0 aliphatic carbocycles. The van der Waals surface area contributed by atoms with E-state index < -0.39 is 0 Å². The van der Waals surface area contributed by atoms with E-state index in [1.165, 1.54) is 27.7 Å². The first-order valence-electron chi connectivity index (χ1n) is 4.90. The van der Waals surface area contributed by atoms with Crippen LogP contribution in [0.3, 0.4) is 0 Å². The number of nitrogens with zero attached hydrogens (tertiary/aromatic N) is 1. The average molecular weight is 188 g/mol. The van der Waals surface area contributed by atoms with Crippen molar-refractivity contribution in [1.29, 1.82) is 0 Å². The van der Waals surface area contributed by atoms with Gasteiger partial charge in [-0.3, -0.25) is 0 Å². The summed E-state index contributed by atoms with van der Waals surface area (Å²) in [6, 6.07) is 6.38. The zero-order valence-electron chi connectivity index (χ0n) is 8.96. The summed E-state index contributed by atoms with van der Waals surface area (Å²) in [6.07, 6.45) is 0. The first-order chi connectivity index (χ1) is 6.66.